The van der Waals surface area contributed by atoms with Gasteiger partial charge in [0.05, 0.1) is 39.7 Å². The summed E-state index contributed by atoms with van der Waals surface area (Å²) in [5.41, 5.74) is 0.732. The van der Waals surface area contributed by atoms with Crippen molar-refractivity contribution in [3.05, 3.63) is 42.2 Å². The Bertz CT molecular complexity index is 893. The van der Waals surface area contributed by atoms with Crippen molar-refractivity contribution in [2.24, 2.45) is 5.92 Å². The maximum absolute atomic E-state index is 13.1. The van der Waals surface area contributed by atoms with Crippen LogP contribution >= 0.6 is 0 Å². The Morgan fingerprint density at radius 2 is 1.90 bits per heavy atom. The summed E-state index contributed by atoms with van der Waals surface area (Å²) in [5, 5.41) is 3.03. The number of rotatable bonds is 8. The fraction of sp³-hybridized carbons (Fsp3) is 0.455. The van der Waals surface area contributed by atoms with Gasteiger partial charge in [0, 0.05) is 25.5 Å². The third-order valence-electron chi connectivity index (χ3n) is 5.35. The molecule has 31 heavy (non-hydrogen) atoms. The summed E-state index contributed by atoms with van der Waals surface area (Å²) in [6.07, 6.45) is 5.00. The summed E-state index contributed by atoms with van der Waals surface area (Å²) < 4.78 is 15.5. The van der Waals surface area contributed by atoms with Gasteiger partial charge < -0.3 is 24.4 Å². The maximum atomic E-state index is 13.1. The average Bonchev–Trinajstić information content (AvgIpc) is 2.83. The number of nitrogens with one attached hydrogen (secondary N) is 1. The minimum absolute atomic E-state index is 0.00987. The number of aromatic nitrogens is 2. The van der Waals surface area contributed by atoms with Crippen LogP contribution in [0.4, 0.5) is 5.95 Å². The van der Waals surface area contributed by atoms with Crippen LogP contribution in [0.5, 0.6) is 11.5 Å². The first-order valence-corrected chi connectivity index (χ1v) is 10.2. The zero-order valence-electron chi connectivity index (χ0n) is 18.0. The van der Waals surface area contributed by atoms with Gasteiger partial charge in [-0.2, -0.15) is 0 Å². The van der Waals surface area contributed by atoms with Crippen LogP contribution in [-0.4, -0.2) is 56.3 Å². The number of benzene rings is 1. The van der Waals surface area contributed by atoms with Crippen molar-refractivity contribution in [3.63, 3.8) is 0 Å². The molecule has 2 atom stereocenters. The van der Waals surface area contributed by atoms with E-state index < -0.39 is 12.0 Å². The summed E-state index contributed by atoms with van der Waals surface area (Å²) in [4.78, 5) is 35.7. The largest absolute Gasteiger partial charge is 0.493 e. The van der Waals surface area contributed by atoms with Gasteiger partial charge in [-0.3, -0.25) is 9.59 Å². The maximum Gasteiger partial charge on any atom is 0.307 e. The van der Waals surface area contributed by atoms with Crippen molar-refractivity contribution in [2.75, 3.05) is 39.3 Å². The van der Waals surface area contributed by atoms with E-state index in [1.165, 1.54) is 14.2 Å². The number of amides is 1. The molecule has 1 amide bonds. The van der Waals surface area contributed by atoms with E-state index in [-0.39, 0.29) is 18.2 Å². The highest BCUT2D eigenvalue weighted by molar-refractivity contribution is 5.81. The molecule has 1 saturated heterocycles. The van der Waals surface area contributed by atoms with Crippen LogP contribution in [0.3, 0.4) is 0 Å². The first kappa shape index (κ1) is 22.3. The molecular formula is C22H28N4O5. The van der Waals surface area contributed by atoms with Crippen LogP contribution in [0.15, 0.2) is 36.7 Å². The lowest BCUT2D eigenvalue weighted by molar-refractivity contribution is -0.141. The minimum atomic E-state index is -0.553. The number of methoxy groups -OCH3 is 3. The predicted octanol–water partition coefficient (Wildman–Crippen LogP) is 2.13. The van der Waals surface area contributed by atoms with Crippen molar-refractivity contribution in [1.29, 1.82) is 0 Å². The van der Waals surface area contributed by atoms with Crippen LogP contribution in [0.2, 0.25) is 0 Å². The smallest absolute Gasteiger partial charge is 0.307 e. The Morgan fingerprint density at radius 1 is 1.16 bits per heavy atom. The molecule has 9 nitrogen and oxygen atoms in total. The standard InChI is InChI=1S/C22H28N4O5/c1-29-18-8-7-15(12-19(18)30-2)17(13-20(27)31-3)25-21(28)16-6-4-11-26(14-16)22-23-9-5-10-24-22/h5,7-10,12,16-17H,4,6,11,13-14H2,1-3H3,(H,25,28). The molecule has 0 saturated carbocycles. The molecule has 0 bridgehead atoms. The van der Waals surface area contributed by atoms with E-state index in [1.54, 1.807) is 43.8 Å². The van der Waals surface area contributed by atoms with E-state index in [9.17, 15) is 9.59 Å². The third-order valence-corrected chi connectivity index (χ3v) is 5.35. The zero-order valence-corrected chi connectivity index (χ0v) is 18.0. The molecule has 1 aromatic heterocycles. The molecule has 2 aromatic rings. The number of anilines is 1. The lowest BCUT2D eigenvalue weighted by atomic mass is 9.95. The van der Waals surface area contributed by atoms with E-state index in [4.69, 9.17) is 14.2 Å². The summed E-state index contributed by atoms with van der Waals surface area (Å²) in [6, 6.07) is 6.53. The van der Waals surface area contributed by atoms with Crippen molar-refractivity contribution < 1.29 is 23.8 Å². The first-order chi connectivity index (χ1) is 15.0. The van der Waals surface area contributed by atoms with Crippen LogP contribution in [-0.2, 0) is 14.3 Å². The fourth-order valence-corrected chi connectivity index (χ4v) is 3.69. The lowest BCUT2D eigenvalue weighted by Crippen LogP contribution is -2.44. The van der Waals surface area contributed by atoms with Gasteiger partial charge in [-0.25, -0.2) is 9.97 Å². The molecule has 0 aliphatic carbocycles. The summed E-state index contributed by atoms with van der Waals surface area (Å²) in [5.74, 6) is 0.936. The summed E-state index contributed by atoms with van der Waals surface area (Å²) in [6.45, 7) is 1.32. The third kappa shape index (κ3) is 5.62. The number of nitrogens with zero attached hydrogens (tertiary/aromatic N) is 3. The number of carbonyl (C=O) groups is 2. The van der Waals surface area contributed by atoms with E-state index >= 15 is 0 Å². The second kappa shape index (κ2) is 10.6. The van der Waals surface area contributed by atoms with Gasteiger partial charge in [0.15, 0.2) is 11.5 Å². The molecule has 1 fully saturated rings. The highest BCUT2D eigenvalue weighted by Gasteiger charge is 2.29. The topological polar surface area (TPSA) is 103 Å². The van der Waals surface area contributed by atoms with Gasteiger partial charge in [0.2, 0.25) is 11.9 Å². The predicted molar refractivity (Wildman–Crippen MR) is 114 cm³/mol. The number of carbonyl (C=O) groups excluding carboxylic acids is 2. The van der Waals surface area contributed by atoms with Gasteiger partial charge in [-0.1, -0.05) is 6.07 Å². The molecule has 1 N–H and O–H groups in total. The van der Waals surface area contributed by atoms with Gasteiger partial charge in [0.1, 0.15) is 0 Å². The van der Waals surface area contributed by atoms with E-state index in [0.29, 0.717) is 24.0 Å². The van der Waals surface area contributed by atoms with Gasteiger partial charge in [0.25, 0.3) is 0 Å². The van der Waals surface area contributed by atoms with E-state index in [0.717, 1.165) is 24.9 Å². The van der Waals surface area contributed by atoms with Crippen molar-refractivity contribution in [1.82, 2.24) is 15.3 Å². The zero-order chi connectivity index (χ0) is 22.2. The SMILES string of the molecule is COC(=O)CC(NC(=O)C1CCCN(c2ncccn2)C1)c1ccc(OC)c(OC)c1. The molecule has 1 aromatic carbocycles. The van der Waals surface area contributed by atoms with E-state index in [2.05, 4.69) is 15.3 Å². The van der Waals surface area contributed by atoms with Gasteiger partial charge in [-0.05, 0) is 36.6 Å². The Morgan fingerprint density at radius 3 is 2.58 bits per heavy atom. The molecule has 1 aliphatic rings. The number of hydrogen-bond donors (Lipinski definition) is 1. The van der Waals surface area contributed by atoms with Crippen LogP contribution in [0, 0.1) is 5.92 Å². The summed E-state index contributed by atoms with van der Waals surface area (Å²) >= 11 is 0. The summed E-state index contributed by atoms with van der Waals surface area (Å²) in [7, 11) is 4.42. The molecule has 2 unspecified atom stereocenters. The Balaban J connectivity index is 1.76. The van der Waals surface area contributed by atoms with Gasteiger partial charge in [-0.15, -0.1) is 0 Å². The number of esters is 1. The second-order valence-electron chi connectivity index (χ2n) is 7.29. The molecule has 3 rings (SSSR count). The Hall–Kier alpha value is -3.36. The molecule has 0 spiro atoms. The Labute approximate surface area is 181 Å². The minimum Gasteiger partial charge on any atom is -0.493 e. The van der Waals surface area contributed by atoms with Crippen LogP contribution < -0.4 is 19.7 Å². The molecular weight excluding hydrogens is 400 g/mol. The van der Waals surface area contributed by atoms with Crippen molar-refractivity contribution in [2.45, 2.75) is 25.3 Å². The molecule has 166 valence electrons. The second-order valence-corrected chi connectivity index (χ2v) is 7.29. The normalized spacial score (nSPS) is 16.9. The highest BCUT2D eigenvalue weighted by Crippen LogP contribution is 2.31. The quantitative estimate of drug-likeness (QED) is 0.638. The number of ether oxygens (including phenoxy) is 3. The first-order valence-electron chi connectivity index (χ1n) is 10.2. The van der Waals surface area contributed by atoms with Crippen LogP contribution in [0.1, 0.15) is 30.9 Å². The molecule has 9 heteroatoms. The molecule has 2 heterocycles. The average molecular weight is 428 g/mol. The van der Waals surface area contributed by atoms with Crippen LogP contribution in [0.25, 0.3) is 0 Å². The van der Waals surface area contributed by atoms with Gasteiger partial charge >= 0.3 is 5.97 Å². The fourth-order valence-electron chi connectivity index (χ4n) is 3.69. The van der Waals surface area contributed by atoms with E-state index in [1.807, 2.05) is 4.90 Å². The van der Waals surface area contributed by atoms with Crippen molar-refractivity contribution in [3.8, 4) is 11.5 Å². The number of hydrogen-bond acceptors (Lipinski definition) is 8. The highest BCUT2D eigenvalue weighted by atomic mass is 16.5. The monoisotopic (exact) mass is 428 g/mol. The number of piperidine rings is 1. The molecule has 1 aliphatic heterocycles. The molecule has 0 radical (unpaired) electrons. The van der Waals surface area contributed by atoms with Crippen molar-refractivity contribution >= 4 is 17.8 Å². The Kier molecular flexibility index (Phi) is 7.64. The lowest BCUT2D eigenvalue weighted by Gasteiger charge is -2.32.